The van der Waals surface area contributed by atoms with E-state index >= 15 is 0 Å². The summed E-state index contributed by atoms with van der Waals surface area (Å²) in [7, 11) is 1.60. The molecule has 1 heterocycles. The van der Waals surface area contributed by atoms with E-state index in [4.69, 9.17) is 15.2 Å². The van der Waals surface area contributed by atoms with Crippen LogP contribution in [-0.4, -0.2) is 43.7 Å². The van der Waals surface area contributed by atoms with Crippen molar-refractivity contribution in [3.8, 4) is 11.5 Å². The highest BCUT2D eigenvalue weighted by atomic mass is 16.5. The Morgan fingerprint density at radius 2 is 1.92 bits per heavy atom. The van der Waals surface area contributed by atoms with Crippen LogP contribution in [0.15, 0.2) is 18.2 Å². The molecule has 0 aromatic heterocycles. The molecule has 2 rings (SSSR count). The number of nitrogens with zero attached hydrogens (tertiary/aromatic N) is 1. The monoisotopic (exact) mass is 334 g/mol. The Bertz CT molecular complexity index is 550. The number of carbonyl (C=O) groups is 1. The van der Waals surface area contributed by atoms with E-state index in [-0.39, 0.29) is 11.9 Å². The first kappa shape index (κ1) is 18.6. The van der Waals surface area contributed by atoms with Gasteiger partial charge in [-0.3, -0.25) is 4.79 Å². The van der Waals surface area contributed by atoms with Gasteiger partial charge in [0.05, 0.1) is 13.7 Å². The number of amides is 1. The lowest BCUT2D eigenvalue weighted by Crippen LogP contribution is -2.42. The van der Waals surface area contributed by atoms with Gasteiger partial charge in [0.1, 0.15) is 0 Å². The summed E-state index contributed by atoms with van der Waals surface area (Å²) < 4.78 is 11.1. The van der Waals surface area contributed by atoms with E-state index in [0.29, 0.717) is 35.5 Å². The standard InChI is InChI=1S/C19H30N2O3/c1-13(2)12-24-17-6-5-16(11-18(17)23-4)19(22)21-9-7-15(8-10-21)14(3)20/h5-6,11,13-15H,7-10,12,20H2,1-4H3. The molecule has 1 aromatic carbocycles. The van der Waals surface area contributed by atoms with Gasteiger partial charge in [0, 0.05) is 24.7 Å². The summed E-state index contributed by atoms with van der Waals surface area (Å²) in [5, 5.41) is 0. The molecule has 1 aliphatic rings. The van der Waals surface area contributed by atoms with Crippen LogP contribution in [0.4, 0.5) is 0 Å². The fraction of sp³-hybridized carbons (Fsp3) is 0.632. The van der Waals surface area contributed by atoms with Gasteiger partial charge < -0.3 is 20.1 Å². The molecule has 1 saturated heterocycles. The van der Waals surface area contributed by atoms with Crippen LogP contribution in [0.1, 0.15) is 44.0 Å². The van der Waals surface area contributed by atoms with Crippen molar-refractivity contribution in [1.29, 1.82) is 0 Å². The molecule has 1 fully saturated rings. The maximum atomic E-state index is 12.7. The topological polar surface area (TPSA) is 64.8 Å². The number of hydrogen-bond donors (Lipinski definition) is 1. The van der Waals surface area contributed by atoms with E-state index in [0.717, 1.165) is 25.9 Å². The number of nitrogens with two attached hydrogens (primary N) is 1. The Hall–Kier alpha value is -1.75. The van der Waals surface area contributed by atoms with Crippen molar-refractivity contribution in [2.75, 3.05) is 26.8 Å². The van der Waals surface area contributed by atoms with Gasteiger partial charge in [-0.2, -0.15) is 0 Å². The van der Waals surface area contributed by atoms with Crippen LogP contribution in [0.2, 0.25) is 0 Å². The summed E-state index contributed by atoms with van der Waals surface area (Å²) in [6, 6.07) is 5.61. The van der Waals surface area contributed by atoms with Crippen LogP contribution in [-0.2, 0) is 0 Å². The third kappa shape index (κ3) is 4.63. The summed E-state index contributed by atoms with van der Waals surface area (Å²) in [5.41, 5.74) is 6.61. The maximum Gasteiger partial charge on any atom is 0.253 e. The molecule has 5 heteroatoms. The molecule has 1 aliphatic heterocycles. The Morgan fingerprint density at radius 3 is 2.46 bits per heavy atom. The predicted molar refractivity (Wildman–Crippen MR) is 95.6 cm³/mol. The molecular weight excluding hydrogens is 304 g/mol. The van der Waals surface area contributed by atoms with E-state index in [1.807, 2.05) is 24.0 Å². The van der Waals surface area contributed by atoms with Gasteiger partial charge in [0.2, 0.25) is 0 Å². The number of likely N-dealkylation sites (tertiary alicyclic amines) is 1. The summed E-state index contributed by atoms with van der Waals surface area (Å²) in [6.45, 7) is 8.38. The Kier molecular flexibility index (Phi) is 6.49. The maximum absolute atomic E-state index is 12.7. The highest BCUT2D eigenvalue weighted by Gasteiger charge is 2.26. The third-order valence-corrected chi connectivity index (χ3v) is 4.55. The smallest absolute Gasteiger partial charge is 0.253 e. The van der Waals surface area contributed by atoms with Crippen LogP contribution in [0, 0.1) is 11.8 Å². The minimum Gasteiger partial charge on any atom is -0.493 e. The van der Waals surface area contributed by atoms with Gasteiger partial charge in [-0.15, -0.1) is 0 Å². The highest BCUT2D eigenvalue weighted by molar-refractivity contribution is 5.95. The largest absolute Gasteiger partial charge is 0.493 e. The van der Waals surface area contributed by atoms with Crippen molar-refractivity contribution in [2.45, 2.75) is 39.7 Å². The van der Waals surface area contributed by atoms with E-state index < -0.39 is 0 Å². The van der Waals surface area contributed by atoms with Crippen molar-refractivity contribution in [1.82, 2.24) is 4.90 Å². The fourth-order valence-electron chi connectivity index (χ4n) is 2.99. The Balaban J connectivity index is 2.04. The van der Waals surface area contributed by atoms with Crippen LogP contribution in [0.5, 0.6) is 11.5 Å². The molecule has 134 valence electrons. The normalized spacial score (nSPS) is 17.0. The van der Waals surface area contributed by atoms with E-state index in [1.165, 1.54) is 0 Å². The molecule has 0 bridgehead atoms. The quantitative estimate of drug-likeness (QED) is 0.869. The third-order valence-electron chi connectivity index (χ3n) is 4.55. The molecule has 1 atom stereocenters. The second-order valence-electron chi connectivity index (χ2n) is 7.06. The second kappa shape index (κ2) is 8.38. The molecule has 24 heavy (non-hydrogen) atoms. The van der Waals surface area contributed by atoms with Gasteiger partial charge in [0.25, 0.3) is 5.91 Å². The zero-order valence-electron chi connectivity index (χ0n) is 15.2. The van der Waals surface area contributed by atoms with Crippen molar-refractivity contribution >= 4 is 5.91 Å². The van der Waals surface area contributed by atoms with Crippen LogP contribution in [0.25, 0.3) is 0 Å². The molecule has 0 spiro atoms. The first-order chi connectivity index (χ1) is 11.4. The first-order valence-electron chi connectivity index (χ1n) is 8.78. The van der Waals surface area contributed by atoms with E-state index in [1.54, 1.807) is 13.2 Å². The molecule has 2 N–H and O–H groups in total. The summed E-state index contributed by atoms with van der Waals surface area (Å²) in [5.74, 6) is 2.27. The van der Waals surface area contributed by atoms with E-state index in [9.17, 15) is 4.79 Å². The molecular formula is C19H30N2O3. The lowest BCUT2D eigenvalue weighted by molar-refractivity contribution is 0.0680. The van der Waals surface area contributed by atoms with Crippen LogP contribution >= 0.6 is 0 Å². The zero-order chi connectivity index (χ0) is 17.7. The highest BCUT2D eigenvalue weighted by Crippen LogP contribution is 2.30. The molecule has 1 aromatic rings. The van der Waals surface area contributed by atoms with Gasteiger partial charge in [-0.1, -0.05) is 13.8 Å². The number of hydrogen-bond acceptors (Lipinski definition) is 4. The van der Waals surface area contributed by atoms with E-state index in [2.05, 4.69) is 13.8 Å². The molecule has 0 radical (unpaired) electrons. The van der Waals surface area contributed by atoms with Gasteiger partial charge in [-0.05, 0) is 49.8 Å². The Labute approximate surface area is 145 Å². The number of carbonyl (C=O) groups excluding carboxylic acids is 1. The SMILES string of the molecule is COc1cc(C(=O)N2CCC(C(C)N)CC2)ccc1OCC(C)C. The lowest BCUT2D eigenvalue weighted by atomic mass is 9.90. The molecule has 1 unspecified atom stereocenters. The van der Waals surface area contributed by atoms with Crippen LogP contribution < -0.4 is 15.2 Å². The number of ether oxygens (including phenoxy) is 2. The Morgan fingerprint density at radius 1 is 1.25 bits per heavy atom. The average molecular weight is 334 g/mol. The zero-order valence-corrected chi connectivity index (χ0v) is 15.2. The second-order valence-corrected chi connectivity index (χ2v) is 7.06. The fourth-order valence-corrected chi connectivity index (χ4v) is 2.99. The van der Waals surface area contributed by atoms with Crippen LogP contribution in [0.3, 0.4) is 0 Å². The molecule has 0 saturated carbocycles. The molecule has 5 nitrogen and oxygen atoms in total. The lowest BCUT2D eigenvalue weighted by Gasteiger charge is -2.33. The minimum absolute atomic E-state index is 0.0480. The average Bonchev–Trinajstić information content (AvgIpc) is 2.59. The van der Waals surface area contributed by atoms with Gasteiger partial charge in [0.15, 0.2) is 11.5 Å². The minimum atomic E-state index is 0.0480. The van der Waals surface area contributed by atoms with Crippen molar-refractivity contribution < 1.29 is 14.3 Å². The molecule has 1 amide bonds. The number of methoxy groups -OCH3 is 1. The predicted octanol–water partition coefficient (Wildman–Crippen LogP) is 2.93. The summed E-state index contributed by atoms with van der Waals surface area (Å²) >= 11 is 0. The number of piperidine rings is 1. The first-order valence-corrected chi connectivity index (χ1v) is 8.78. The summed E-state index contributed by atoms with van der Waals surface area (Å²) in [6.07, 6.45) is 1.94. The molecule has 0 aliphatic carbocycles. The summed E-state index contributed by atoms with van der Waals surface area (Å²) in [4.78, 5) is 14.6. The van der Waals surface area contributed by atoms with Gasteiger partial charge in [-0.25, -0.2) is 0 Å². The van der Waals surface area contributed by atoms with Crippen molar-refractivity contribution in [2.24, 2.45) is 17.6 Å². The number of rotatable bonds is 6. The van der Waals surface area contributed by atoms with Crippen molar-refractivity contribution in [3.63, 3.8) is 0 Å². The number of benzene rings is 1. The van der Waals surface area contributed by atoms with Gasteiger partial charge >= 0.3 is 0 Å². The van der Waals surface area contributed by atoms with Crippen molar-refractivity contribution in [3.05, 3.63) is 23.8 Å².